The zero-order valence-electron chi connectivity index (χ0n) is 14.4. The van der Waals surface area contributed by atoms with Crippen molar-refractivity contribution in [3.05, 3.63) is 48.3 Å². The number of rotatable bonds is 6. The van der Waals surface area contributed by atoms with E-state index in [-0.39, 0.29) is 5.91 Å². The van der Waals surface area contributed by atoms with Crippen LogP contribution >= 0.6 is 0 Å². The summed E-state index contributed by atoms with van der Waals surface area (Å²) in [7, 11) is 0. The molecule has 0 spiro atoms. The number of imidazole rings is 1. The van der Waals surface area contributed by atoms with Crippen LogP contribution in [-0.2, 0) is 29.0 Å². The Bertz CT molecular complexity index is 711. The SMILES string of the molecule is O=C(Cc1ccccn1)N1Cc2cncn2CC(COCC2CC2)C1. The van der Waals surface area contributed by atoms with Crippen LogP contribution in [0, 0.1) is 11.8 Å². The Labute approximate surface area is 147 Å². The molecule has 1 amide bonds. The fourth-order valence-electron chi connectivity index (χ4n) is 3.30. The van der Waals surface area contributed by atoms with E-state index in [1.807, 2.05) is 35.6 Å². The Morgan fingerprint density at radius 1 is 1.20 bits per heavy atom. The van der Waals surface area contributed by atoms with E-state index in [9.17, 15) is 4.79 Å². The van der Waals surface area contributed by atoms with E-state index in [4.69, 9.17) is 4.74 Å². The molecule has 1 atom stereocenters. The highest BCUT2D eigenvalue weighted by molar-refractivity contribution is 5.78. The number of pyridine rings is 1. The first-order valence-electron chi connectivity index (χ1n) is 9.02. The van der Waals surface area contributed by atoms with E-state index < -0.39 is 0 Å². The number of nitrogens with zero attached hydrogens (tertiary/aromatic N) is 4. The van der Waals surface area contributed by atoms with Crippen molar-refractivity contribution in [2.24, 2.45) is 11.8 Å². The molecule has 0 aromatic carbocycles. The maximum Gasteiger partial charge on any atom is 0.228 e. The highest BCUT2D eigenvalue weighted by atomic mass is 16.5. The van der Waals surface area contributed by atoms with Crippen LogP contribution in [0.15, 0.2) is 36.9 Å². The van der Waals surface area contributed by atoms with Crippen LogP contribution in [0.2, 0.25) is 0 Å². The molecule has 132 valence electrons. The van der Waals surface area contributed by atoms with Gasteiger partial charge in [-0.3, -0.25) is 9.78 Å². The molecule has 2 aliphatic rings. The Kier molecular flexibility index (Phi) is 4.78. The van der Waals surface area contributed by atoms with Crippen LogP contribution in [0.4, 0.5) is 0 Å². The van der Waals surface area contributed by atoms with E-state index in [1.54, 1.807) is 6.20 Å². The Hall–Kier alpha value is -2.21. The van der Waals surface area contributed by atoms with E-state index in [0.717, 1.165) is 37.0 Å². The Morgan fingerprint density at radius 3 is 2.88 bits per heavy atom. The van der Waals surface area contributed by atoms with Crippen LogP contribution in [-0.4, -0.2) is 45.1 Å². The van der Waals surface area contributed by atoms with Crippen molar-refractivity contribution in [1.29, 1.82) is 0 Å². The van der Waals surface area contributed by atoms with Crippen molar-refractivity contribution in [3.8, 4) is 0 Å². The van der Waals surface area contributed by atoms with Gasteiger partial charge in [0, 0.05) is 43.7 Å². The van der Waals surface area contributed by atoms with Gasteiger partial charge in [-0.1, -0.05) is 6.07 Å². The quantitative estimate of drug-likeness (QED) is 0.806. The molecule has 1 aliphatic heterocycles. The molecule has 0 bridgehead atoms. The summed E-state index contributed by atoms with van der Waals surface area (Å²) in [4.78, 5) is 23.3. The Balaban J connectivity index is 1.43. The maximum atomic E-state index is 12.8. The van der Waals surface area contributed by atoms with Gasteiger partial charge in [-0.05, 0) is 30.9 Å². The van der Waals surface area contributed by atoms with Crippen LogP contribution in [0.5, 0.6) is 0 Å². The first kappa shape index (κ1) is 16.3. The van der Waals surface area contributed by atoms with Gasteiger partial charge in [-0.2, -0.15) is 0 Å². The van der Waals surface area contributed by atoms with Crippen molar-refractivity contribution < 1.29 is 9.53 Å². The third kappa shape index (κ3) is 4.25. The third-order valence-corrected chi connectivity index (χ3v) is 4.90. The van der Waals surface area contributed by atoms with E-state index in [0.29, 0.717) is 25.5 Å². The second-order valence-electron chi connectivity index (χ2n) is 7.16. The molecule has 3 heterocycles. The molecule has 0 N–H and O–H groups in total. The van der Waals surface area contributed by atoms with E-state index in [1.165, 1.54) is 12.8 Å². The van der Waals surface area contributed by atoms with Gasteiger partial charge in [-0.25, -0.2) is 4.98 Å². The minimum atomic E-state index is 0.112. The topological polar surface area (TPSA) is 60.2 Å². The zero-order chi connectivity index (χ0) is 17.1. The molecule has 1 saturated carbocycles. The lowest BCUT2D eigenvalue weighted by Crippen LogP contribution is -2.36. The molecular formula is C19H24N4O2. The van der Waals surface area contributed by atoms with Crippen LogP contribution in [0.1, 0.15) is 24.2 Å². The molecule has 6 nitrogen and oxygen atoms in total. The second-order valence-corrected chi connectivity index (χ2v) is 7.16. The van der Waals surface area contributed by atoms with Crippen molar-refractivity contribution >= 4 is 5.91 Å². The summed E-state index contributed by atoms with van der Waals surface area (Å²) in [5.74, 6) is 1.17. The monoisotopic (exact) mass is 340 g/mol. The van der Waals surface area contributed by atoms with Crippen molar-refractivity contribution in [3.63, 3.8) is 0 Å². The first-order valence-corrected chi connectivity index (χ1v) is 9.02. The highest BCUT2D eigenvalue weighted by Crippen LogP contribution is 2.29. The number of fused-ring (bicyclic) bond motifs is 1. The molecule has 25 heavy (non-hydrogen) atoms. The standard InChI is InChI=1S/C19H24N4O2/c24-19(7-17-3-1-2-6-21-17)22-9-16(13-25-12-15-4-5-15)10-23-14-20-8-18(23)11-22/h1-3,6,8,14-16H,4-5,7,9-13H2. The molecule has 1 fully saturated rings. The summed E-state index contributed by atoms with van der Waals surface area (Å²) >= 11 is 0. The van der Waals surface area contributed by atoms with Crippen molar-refractivity contribution in [1.82, 2.24) is 19.4 Å². The molecule has 2 aromatic heterocycles. The minimum Gasteiger partial charge on any atom is -0.381 e. The van der Waals surface area contributed by atoms with E-state index in [2.05, 4.69) is 14.5 Å². The van der Waals surface area contributed by atoms with Crippen LogP contribution < -0.4 is 0 Å². The number of hydrogen-bond donors (Lipinski definition) is 0. The third-order valence-electron chi connectivity index (χ3n) is 4.90. The number of carbonyl (C=O) groups excluding carboxylic acids is 1. The summed E-state index contributed by atoms with van der Waals surface area (Å²) in [6.07, 6.45) is 8.37. The predicted octanol–water partition coefficient (Wildman–Crippen LogP) is 1.91. The minimum absolute atomic E-state index is 0.112. The smallest absolute Gasteiger partial charge is 0.228 e. The Morgan fingerprint density at radius 2 is 2.08 bits per heavy atom. The first-order chi connectivity index (χ1) is 12.3. The lowest BCUT2D eigenvalue weighted by Gasteiger charge is -2.24. The lowest BCUT2D eigenvalue weighted by molar-refractivity contribution is -0.132. The summed E-state index contributed by atoms with van der Waals surface area (Å²) < 4.78 is 8.06. The van der Waals surface area contributed by atoms with Gasteiger partial charge in [0.1, 0.15) is 0 Å². The molecule has 6 heteroatoms. The average Bonchev–Trinajstić information content (AvgIpc) is 3.38. The van der Waals surface area contributed by atoms with Gasteiger partial charge in [0.15, 0.2) is 0 Å². The number of ether oxygens (including phenoxy) is 1. The van der Waals surface area contributed by atoms with Gasteiger partial charge >= 0.3 is 0 Å². The molecule has 0 radical (unpaired) electrons. The molecule has 2 aromatic rings. The fourth-order valence-corrected chi connectivity index (χ4v) is 3.30. The normalized spacial score (nSPS) is 20.2. The number of amides is 1. The molecule has 1 unspecified atom stereocenters. The lowest BCUT2D eigenvalue weighted by atomic mass is 10.1. The number of aromatic nitrogens is 3. The summed E-state index contributed by atoms with van der Waals surface area (Å²) in [6, 6.07) is 5.68. The van der Waals surface area contributed by atoms with Crippen molar-refractivity contribution in [2.75, 3.05) is 19.8 Å². The summed E-state index contributed by atoms with van der Waals surface area (Å²) in [5.41, 5.74) is 1.89. The maximum absolute atomic E-state index is 12.8. The zero-order valence-corrected chi connectivity index (χ0v) is 14.4. The molecule has 1 aliphatic carbocycles. The fraction of sp³-hybridized carbons (Fsp3) is 0.526. The summed E-state index contributed by atoms with van der Waals surface area (Å²) in [5, 5.41) is 0. The highest BCUT2D eigenvalue weighted by Gasteiger charge is 2.27. The van der Waals surface area contributed by atoms with Gasteiger partial charge in [0.2, 0.25) is 5.91 Å². The van der Waals surface area contributed by atoms with Crippen LogP contribution in [0.25, 0.3) is 0 Å². The number of carbonyl (C=O) groups is 1. The molecular weight excluding hydrogens is 316 g/mol. The van der Waals surface area contributed by atoms with E-state index >= 15 is 0 Å². The summed E-state index contributed by atoms with van der Waals surface area (Å²) in [6.45, 7) is 3.73. The molecule has 4 rings (SSSR count). The predicted molar refractivity (Wildman–Crippen MR) is 92.6 cm³/mol. The average molecular weight is 340 g/mol. The van der Waals surface area contributed by atoms with Crippen molar-refractivity contribution in [2.45, 2.75) is 32.4 Å². The van der Waals surface area contributed by atoms with Gasteiger partial charge in [-0.15, -0.1) is 0 Å². The van der Waals surface area contributed by atoms with Gasteiger partial charge in [0.25, 0.3) is 0 Å². The van der Waals surface area contributed by atoms with Crippen LogP contribution in [0.3, 0.4) is 0 Å². The van der Waals surface area contributed by atoms with Gasteiger partial charge < -0.3 is 14.2 Å². The second kappa shape index (κ2) is 7.35. The largest absolute Gasteiger partial charge is 0.381 e. The molecule has 0 saturated heterocycles. The van der Waals surface area contributed by atoms with Gasteiger partial charge in [0.05, 0.1) is 31.6 Å². The number of hydrogen-bond acceptors (Lipinski definition) is 4.